The van der Waals surface area contributed by atoms with Crippen LogP contribution in [0.5, 0.6) is 5.75 Å². The first kappa shape index (κ1) is 9.07. The average Bonchev–Trinajstić information content (AvgIpc) is 2.08. The van der Waals surface area contributed by atoms with Crippen molar-refractivity contribution in [3.05, 3.63) is 28.3 Å². The van der Waals surface area contributed by atoms with Crippen molar-refractivity contribution in [2.45, 2.75) is 27.4 Å². The van der Waals surface area contributed by atoms with Crippen LogP contribution in [0.15, 0.2) is 6.07 Å². The number of hydrogen-bond donors (Lipinski definition) is 2. The van der Waals surface area contributed by atoms with Gasteiger partial charge in [-0.15, -0.1) is 0 Å². The van der Waals surface area contributed by atoms with Crippen LogP contribution in [0.1, 0.15) is 22.3 Å². The molecule has 0 atom stereocenters. The van der Waals surface area contributed by atoms with Gasteiger partial charge in [-0.1, -0.05) is 0 Å². The van der Waals surface area contributed by atoms with Gasteiger partial charge in [0.15, 0.2) is 0 Å². The minimum Gasteiger partial charge on any atom is -0.507 e. The number of benzene rings is 1. The number of aryl methyl sites for hydroxylation is 1. The van der Waals surface area contributed by atoms with Gasteiger partial charge in [0.2, 0.25) is 0 Å². The molecule has 0 aliphatic rings. The Morgan fingerprint density at radius 1 is 1.17 bits per heavy atom. The lowest BCUT2D eigenvalue weighted by Crippen LogP contribution is -1.94. The zero-order valence-corrected chi connectivity index (χ0v) is 7.68. The molecule has 0 unspecified atom stereocenters. The van der Waals surface area contributed by atoms with Gasteiger partial charge in [0.25, 0.3) is 0 Å². The zero-order valence-electron chi connectivity index (χ0n) is 7.68. The minimum atomic E-state index is 0.0355. The summed E-state index contributed by atoms with van der Waals surface area (Å²) in [6.07, 6.45) is 0. The van der Waals surface area contributed by atoms with E-state index in [1.165, 1.54) is 0 Å². The molecule has 0 amide bonds. The predicted octanol–water partition coefficient (Wildman–Crippen LogP) is 1.81. The number of rotatable bonds is 1. The quantitative estimate of drug-likeness (QED) is 0.668. The maximum atomic E-state index is 9.53. The first-order valence-corrected chi connectivity index (χ1v) is 3.97. The van der Waals surface area contributed by atoms with E-state index in [0.29, 0.717) is 5.75 Å². The van der Waals surface area contributed by atoms with Crippen LogP contribution in [-0.2, 0) is 6.61 Å². The van der Waals surface area contributed by atoms with Gasteiger partial charge in [-0.2, -0.15) is 0 Å². The van der Waals surface area contributed by atoms with Crippen molar-refractivity contribution in [3.8, 4) is 5.75 Å². The molecule has 2 heteroatoms. The maximum absolute atomic E-state index is 9.53. The SMILES string of the molecule is Cc1cc(CO)c(C)c(C)c1O. The Morgan fingerprint density at radius 2 is 1.75 bits per heavy atom. The standard InChI is InChI=1S/C10H14O2/c1-6-4-9(5-11)7(2)8(3)10(6)12/h4,11-12H,5H2,1-3H3. The topological polar surface area (TPSA) is 40.5 Å². The second-order valence-corrected chi connectivity index (χ2v) is 3.11. The monoisotopic (exact) mass is 166 g/mol. The molecular weight excluding hydrogens is 152 g/mol. The number of aliphatic hydroxyl groups is 1. The summed E-state index contributed by atoms with van der Waals surface area (Å²) >= 11 is 0. The van der Waals surface area contributed by atoms with Crippen molar-refractivity contribution in [1.29, 1.82) is 0 Å². The largest absolute Gasteiger partial charge is 0.507 e. The van der Waals surface area contributed by atoms with Crippen molar-refractivity contribution in [1.82, 2.24) is 0 Å². The summed E-state index contributed by atoms with van der Waals surface area (Å²) in [5.74, 6) is 0.338. The van der Waals surface area contributed by atoms with Crippen LogP contribution in [0.4, 0.5) is 0 Å². The molecule has 1 aromatic rings. The van der Waals surface area contributed by atoms with Crippen molar-refractivity contribution in [3.63, 3.8) is 0 Å². The third-order valence-electron chi connectivity index (χ3n) is 2.33. The van der Waals surface area contributed by atoms with Gasteiger partial charge in [0.1, 0.15) is 5.75 Å². The Labute approximate surface area is 72.5 Å². The molecule has 1 aromatic carbocycles. The van der Waals surface area contributed by atoms with Crippen molar-refractivity contribution < 1.29 is 10.2 Å². The van der Waals surface area contributed by atoms with E-state index in [-0.39, 0.29) is 6.61 Å². The molecule has 1 rings (SSSR count). The Hall–Kier alpha value is -1.02. The molecule has 66 valence electrons. The van der Waals surface area contributed by atoms with Crippen LogP contribution < -0.4 is 0 Å². The number of aromatic hydroxyl groups is 1. The molecule has 0 saturated heterocycles. The van der Waals surface area contributed by atoms with E-state index in [9.17, 15) is 5.11 Å². The first-order chi connectivity index (χ1) is 5.57. The minimum absolute atomic E-state index is 0.0355. The molecule has 2 N–H and O–H groups in total. The van der Waals surface area contributed by atoms with E-state index >= 15 is 0 Å². The van der Waals surface area contributed by atoms with E-state index in [1.54, 1.807) is 0 Å². The molecule has 0 saturated carbocycles. The summed E-state index contributed by atoms with van der Waals surface area (Å²) in [4.78, 5) is 0. The average molecular weight is 166 g/mol. The highest BCUT2D eigenvalue weighted by Crippen LogP contribution is 2.27. The van der Waals surface area contributed by atoms with E-state index in [1.807, 2.05) is 26.8 Å². The van der Waals surface area contributed by atoms with Crippen molar-refractivity contribution in [2.75, 3.05) is 0 Å². The van der Waals surface area contributed by atoms with E-state index < -0.39 is 0 Å². The molecular formula is C10H14O2. The Morgan fingerprint density at radius 3 is 2.25 bits per heavy atom. The van der Waals surface area contributed by atoms with E-state index in [2.05, 4.69) is 0 Å². The van der Waals surface area contributed by atoms with Crippen LogP contribution in [0.25, 0.3) is 0 Å². The molecule has 0 aliphatic heterocycles. The molecule has 2 nitrogen and oxygen atoms in total. The van der Waals surface area contributed by atoms with Gasteiger partial charge in [-0.25, -0.2) is 0 Å². The fourth-order valence-corrected chi connectivity index (χ4v) is 1.32. The van der Waals surface area contributed by atoms with Gasteiger partial charge >= 0.3 is 0 Å². The Kier molecular flexibility index (Phi) is 2.38. The van der Waals surface area contributed by atoms with Crippen LogP contribution >= 0.6 is 0 Å². The third kappa shape index (κ3) is 1.30. The molecule has 0 radical (unpaired) electrons. The summed E-state index contributed by atoms with van der Waals surface area (Å²) in [6.45, 7) is 5.63. The highest BCUT2D eigenvalue weighted by Gasteiger charge is 2.07. The second-order valence-electron chi connectivity index (χ2n) is 3.11. The van der Waals surface area contributed by atoms with E-state index in [4.69, 9.17) is 5.11 Å². The van der Waals surface area contributed by atoms with Gasteiger partial charge in [-0.3, -0.25) is 0 Å². The lowest BCUT2D eigenvalue weighted by molar-refractivity contribution is 0.280. The summed E-state index contributed by atoms with van der Waals surface area (Å²) in [5, 5.41) is 18.5. The molecule has 0 heterocycles. The summed E-state index contributed by atoms with van der Waals surface area (Å²) in [6, 6.07) is 1.82. The van der Waals surface area contributed by atoms with Crippen LogP contribution in [0, 0.1) is 20.8 Å². The number of hydrogen-bond acceptors (Lipinski definition) is 2. The van der Waals surface area contributed by atoms with Crippen LogP contribution in [-0.4, -0.2) is 10.2 Å². The normalized spacial score (nSPS) is 10.3. The van der Waals surface area contributed by atoms with Crippen molar-refractivity contribution in [2.24, 2.45) is 0 Å². The molecule has 0 aliphatic carbocycles. The van der Waals surface area contributed by atoms with Crippen LogP contribution in [0.2, 0.25) is 0 Å². The van der Waals surface area contributed by atoms with Gasteiger partial charge in [0, 0.05) is 0 Å². The van der Waals surface area contributed by atoms with Gasteiger partial charge < -0.3 is 10.2 Å². The molecule has 0 fully saturated rings. The summed E-state index contributed by atoms with van der Waals surface area (Å²) < 4.78 is 0. The summed E-state index contributed by atoms with van der Waals surface area (Å²) in [7, 11) is 0. The predicted molar refractivity (Wildman–Crippen MR) is 48.2 cm³/mol. The highest BCUT2D eigenvalue weighted by molar-refractivity contribution is 5.47. The van der Waals surface area contributed by atoms with E-state index in [0.717, 1.165) is 22.3 Å². The Balaban J connectivity index is 3.39. The molecule has 12 heavy (non-hydrogen) atoms. The smallest absolute Gasteiger partial charge is 0.121 e. The molecule has 0 bridgehead atoms. The maximum Gasteiger partial charge on any atom is 0.121 e. The number of phenols is 1. The lowest BCUT2D eigenvalue weighted by Gasteiger charge is -2.10. The first-order valence-electron chi connectivity index (χ1n) is 3.97. The van der Waals surface area contributed by atoms with Crippen LogP contribution in [0.3, 0.4) is 0 Å². The lowest BCUT2D eigenvalue weighted by atomic mass is 9.99. The van der Waals surface area contributed by atoms with Gasteiger partial charge in [-0.05, 0) is 49.1 Å². The second kappa shape index (κ2) is 3.15. The molecule has 0 aromatic heterocycles. The number of aliphatic hydroxyl groups excluding tert-OH is 1. The zero-order chi connectivity index (χ0) is 9.30. The fourth-order valence-electron chi connectivity index (χ4n) is 1.32. The van der Waals surface area contributed by atoms with Crippen molar-refractivity contribution >= 4 is 0 Å². The molecule has 0 spiro atoms. The number of phenolic OH excluding ortho intramolecular Hbond substituents is 1. The Bertz CT molecular complexity index is 303. The summed E-state index contributed by atoms with van der Waals surface area (Å²) in [5.41, 5.74) is 3.55. The third-order valence-corrected chi connectivity index (χ3v) is 2.33. The van der Waals surface area contributed by atoms with Gasteiger partial charge in [0.05, 0.1) is 6.61 Å². The highest BCUT2D eigenvalue weighted by atomic mass is 16.3. The fraction of sp³-hybridized carbons (Fsp3) is 0.400.